The lowest BCUT2D eigenvalue weighted by atomic mass is 10.1. The molecule has 2 heterocycles. The molecule has 132 valence electrons. The minimum absolute atomic E-state index is 0.121. The Bertz CT molecular complexity index is 852. The van der Waals surface area contributed by atoms with Crippen LogP contribution in [-0.2, 0) is 0 Å². The van der Waals surface area contributed by atoms with Crippen LogP contribution in [0, 0.1) is 4.77 Å². The highest BCUT2D eigenvalue weighted by Crippen LogP contribution is 2.18. The zero-order valence-electron chi connectivity index (χ0n) is 14.0. The van der Waals surface area contributed by atoms with Crippen molar-refractivity contribution in [1.82, 2.24) is 14.5 Å². The molecular weight excluding hydrogens is 336 g/mol. The molecule has 1 aromatic carbocycles. The van der Waals surface area contributed by atoms with Crippen LogP contribution in [0.4, 0.5) is 0 Å². The fourth-order valence-corrected chi connectivity index (χ4v) is 3.29. The van der Waals surface area contributed by atoms with Crippen LogP contribution < -0.4 is 5.56 Å². The molecule has 0 aliphatic carbocycles. The van der Waals surface area contributed by atoms with Gasteiger partial charge in [0.2, 0.25) is 5.88 Å². The van der Waals surface area contributed by atoms with Gasteiger partial charge in [-0.05, 0) is 50.3 Å². The van der Waals surface area contributed by atoms with Gasteiger partial charge in [0.1, 0.15) is 5.56 Å². The summed E-state index contributed by atoms with van der Waals surface area (Å²) in [5, 5.41) is 10.5. The van der Waals surface area contributed by atoms with Gasteiger partial charge in [-0.3, -0.25) is 19.3 Å². The first-order chi connectivity index (χ1) is 12.2. The number of aliphatic imine (C=N–C) groups is 1. The number of aromatic amines is 1. The number of rotatable bonds is 5. The van der Waals surface area contributed by atoms with Crippen molar-refractivity contribution in [3.63, 3.8) is 0 Å². The van der Waals surface area contributed by atoms with Gasteiger partial charge in [-0.1, -0.05) is 24.6 Å². The normalized spacial score (nSPS) is 15.7. The van der Waals surface area contributed by atoms with E-state index in [4.69, 9.17) is 12.2 Å². The minimum Gasteiger partial charge on any atom is -0.494 e. The smallest absolute Gasteiger partial charge is 0.264 e. The van der Waals surface area contributed by atoms with Crippen LogP contribution in [0.1, 0.15) is 24.8 Å². The van der Waals surface area contributed by atoms with E-state index in [0.29, 0.717) is 12.2 Å². The van der Waals surface area contributed by atoms with Gasteiger partial charge in [0, 0.05) is 12.8 Å². The lowest BCUT2D eigenvalue weighted by molar-refractivity contribution is 0.235. The predicted octanol–water partition coefficient (Wildman–Crippen LogP) is 2.51. The van der Waals surface area contributed by atoms with Gasteiger partial charge in [-0.15, -0.1) is 0 Å². The number of H-pyrrole nitrogens is 1. The molecule has 0 amide bonds. The second-order valence-corrected chi connectivity index (χ2v) is 6.49. The molecule has 0 atom stereocenters. The van der Waals surface area contributed by atoms with E-state index in [0.717, 1.165) is 19.6 Å². The monoisotopic (exact) mass is 358 g/mol. The second-order valence-electron chi connectivity index (χ2n) is 6.11. The van der Waals surface area contributed by atoms with E-state index in [1.165, 1.54) is 30.0 Å². The highest BCUT2D eigenvalue weighted by molar-refractivity contribution is 7.71. The van der Waals surface area contributed by atoms with Crippen LogP contribution in [0.5, 0.6) is 5.88 Å². The number of nitrogens with one attached hydrogen (secondary N) is 1. The van der Waals surface area contributed by atoms with Crippen molar-refractivity contribution in [1.29, 1.82) is 0 Å². The topological polar surface area (TPSA) is 73.6 Å². The zero-order chi connectivity index (χ0) is 17.6. The number of para-hydroxylation sites is 1. The number of piperidine rings is 1. The number of benzene rings is 1. The number of likely N-dealkylation sites (tertiary alicyclic amines) is 1. The summed E-state index contributed by atoms with van der Waals surface area (Å²) in [5.41, 5.74) is 0.372. The van der Waals surface area contributed by atoms with Gasteiger partial charge >= 0.3 is 0 Å². The van der Waals surface area contributed by atoms with Gasteiger partial charge in [0.25, 0.3) is 5.56 Å². The molecule has 2 aromatic rings. The number of aromatic hydroxyl groups is 1. The Balaban J connectivity index is 1.80. The van der Waals surface area contributed by atoms with Crippen LogP contribution in [0.15, 0.2) is 40.1 Å². The predicted molar refractivity (Wildman–Crippen MR) is 102 cm³/mol. The van der Waals surface area contributed by atoms with Crippen LogP contribution in [0.3, 0.4) is 0 Å². The molecule has 1 aliphatic rings. The lowest BCUT2D eigenvalue weighted by Gasteiger charge is -2.25. The summed E-state index contributed by atoms with van der Waals surface area (Å²) in [4.78, 5) is 21.4. The molecule has 25 heavy (non-hydrogen) atoms. The van der Waals surface area contributed by atoms with Crippen molar-refractivity contribution in [3.05, 3.63) is 51.0 Å². The molecule has 0 bridgehead atoms. The Labute approximate surface area is 151 Å². The summed E-state index contributed by atoms with van der Waals surface area (Å²) in [5.74, 6) is -0.193. The molecule has 2 N–H and O–H groups in total. The molecule has 7 heteroatoms. The van der Waals surface area contributed by atoms with Gasteiger partial charge in [0.15, 0.2) is 4.77 Å². The maximum Gasteiger partial charge on any atom is 0.264 e. The Kier molecular flexibility index (Phi) is 5.78. The number of hydrogen-bond acceptors (Lipinski definition) is 5. The Hall–Kier alpha value is -2.25. The Morgan fingerprint density at radius 2 is 1.92 bits per heavy atom. The average molecular weight is 358 g/mol. The summed E-state index contributed by atoms with van der Waals surface area (Å²) >= 11 is 5.19. The molecule has 3 rings (SSSR count). The molecule has 1 aromatic heterocycles. The highest BCUT2D eigenvalue weighted by Gasteiger charge is 2.12. The van der Waals surface area contributed by atoms with Crippen molar-refractivity contribution < 1.29 is 5.11 Å². The van der Waals surface area contributed by atoms with Crippen LogP contribution in [-0.4, -0.2) is 52.0 Å². The average Bonchev–Trinajstić information content (AvgIpc) is 2.62. The van der Waals surface area contributed by atoms with Gasteiger partial charge < -0.3 is 10.0 Å². The van der Waals surface area contributed by atoms with Gasteiger partial charge in [0.05, 0.1) is 12.2 Å². The maximum atomic E-state index is 12.1. The summed E-state index contributed by atoms with van der Waals surface area (Å²) < 4.78 is 1.59. The van der Waals surface area contributed by atoms with E-state index < -0.39 is 5.56 Å². The van der Waals surface area contributed by atoms with E-state index in [1.807, 2.05) is 30.3 Å². The number of aromatic nitrogens is 2. The van der Waals surface area contributed by atoms with E-state index in [9.17, 15) is 9.90 Å². The van der Waals surface area contributed by atoms with Crippen molar-refractivity contribution >= 4 is 18.4 Å². The number of nitrogens with zero attached hydrogens (tertiary/aromatic N) is 3. The number of hydrogen-bond donors (Lipinski definition) is 2. The molecule has 1 aliphatic heterocycles. The first kappa shape index (κ1) is 17.6. The van der Waals surface area contributed by atoms with Crippen LogP contribution in [0.2, 0.25) is 0 Å². The van der Waals surface area contributed by atoms with E-state index >= 15 is 0 Å². The van der Waals surface area contributed by atoms with Crippen LogP contribution >= 0.6 is 12.2 Å². The summed E-state index contributed by atoms with van der Waals surface area (Å²) in [6, 6.07) is 9.18. The van der Waals surface area contributed by atoms with Crippen molar-refractivity contribution in [2.75, 3.05) is 26.2 Å². The van der Waals surface area contributed by atoms with E-state index in [-0.39, 0.29) is 16.2 Å². The Morgan fingerprint density at radius 3 is 2.64 bits per heavy atom. The molecular formula is C18H22N4O2S. The zero-order valence-corrected chi connectivity index (χ0v) is 14.8. The first-order valence-corrected chi connectivity index (χ1v) is 8.93. The minimum atomic E-state index is -0.434. The molecule has 1 fully saturated rings. The van der Waals surface area contributed by atoms with Gasteiger partial charge in [-0.25, -0.2) is 0 Å². The SMILES string of the molecule is O=c1[nH]c(=S)n(-c2ccccc2)c(O)c1C=NCCN1CCCCC1. The summed E-state index contributed by atoms with van der Waals surface area (Å²) in [6.45, 7) is 3.69. The third-order valence-corrected chi connectivity index (χ3v) is 4.63. The van der Waals surface area contributed by atoms with E-state index in [2.05, 4.69) is 14.9 Å². The third-order valence-electron chi connectivity index (χ3n) is 4.35. The molecule has 0 spiro atoms. The van der Waals surface area contributed by atoms with Crippen molar-refractivity contribution in [2.24, 2.45) is 4.99 Å². The van der Waals surface area contributed by atoms with Crippen LogP contribution in [0.25, 0.3) is 5.69 Å². The first-order valence-electron chi connectivity index (χ1n) is 8.53. The van der Waals surface area contributed by atoms with Crippen molar-refractivity contribution in [3.8, 4) is 11.6 Å². The lowest BCUT2D eigenvalue weighted by Crippen LogP contribution is -2.31. The molecule has 0 saturated carbocycles. The maximum absolute atomic E-state index is 12.1. The largest absolute Gasteiger partial charge is 0.494 e. The second kappa shape index (κ2) is 8.22. The highest BCUT2D eigenvalue weighted by atomic mass is 32.1. The van der Waals surface area contributed by atoms with Crippen molar-refractivity contribution in [2.45, 2.75) is 19.3 Å². The standard InChI is InChI=1S/C18H22N4O2S/c23-16-15(13-19-9-12-21-10-5-2-6-11-21)17(24)22(18(25)20-16)14-7-3-1-4-8-14/h1,3-4,7-8,13,24H,2,5-6,9-12H2,(H,20,23,25). The summed E-state index contributed by atoms with van der Waals surface area (Å²) in [7, 11) is 0. The molecule has 1 saturated heterocycles. The fourth-order valence-electron chi connectivity index (χ4n) is 3.01. The molecule has 6 nitrogen and oxygen atoms in total. The molecule has 0 unspecified atom stereocenters. The van der Waals surface area contributed by atoms with Gasteiger partial charge in [-0.2, -0.15) is 0 Å². The quantitative estimate of drug-likeness (QED) is 0.636. The van der Waals surface area contributed by atoms with E-state index in [1.54, 1.807) is 0 Å². The third kappa shape index (κ3) is 4.24. The fraction of sp³-hybridized carbons (Fsp3) is 0.389. The summed E-state index contributed by atoms with van der Waals surface area (Å²) in [6.07, 6.45) is 5.21. The Morgan fingerprint density at radius 1 is 1.20 bits per heavy atom. The molecule has 0 radical (unpaired) electrons.